The second kappa shape index (κ2) is 8.40. The molecule has 1 aliphatic rings. The van der Waals surface area contributed by atoms with Crippen LogP contribution in [-0.4, -0.2) is 22.5 Å². The number of amides is 2. The molecule has 1 rings (SSSR count). The van der Waals surface area contributed by atoms with Gasteiger partial charge in [-0.2, -0.15) is 5.06 Å². The minimum absolute atomic E-state index is 0.189. The van der Waals surface area contributed by atoms with Crippen LogP contribution in [0.2, 0.25) is 0 Å². The van der Waals surface area contributed by atoms with E-state index in [9.17, 15) is 9.59 Å². The third-order valence-electron chi connectivity index (χ3n) is 3.94. The molecule has 1 aliphatic heterocycles. The van der Waals surface area contributed by atoms with Gasteiger partial charge in [0.1, 0.15) is 0 Å². The maximum absolute atomic E-state index is 11.7. The molecule has 1 atom stereocenters. The van der Waals surface area contributed by atoms with Crippen LogP contribution in [0.5, 0.6) is 0 Å². The van der Waals surface area contributed by atoms with Gasteiger partial charge in [0.2, 0.25) is 0 Å². The summed E-state index contributed by atoms with van der Waals surface area (Å²) in [6, 6.07) is 0. The Balaban J connectivity index is 2.56. The van der Waals surface area contributed by atoms with Gasteiger partial charge in [0.05, 0.1) is 5.60 Å². The zero-order valence-corrected chi connectivity index (χ0v) is 13.2. The number of hydrogen-bond acceptors (Lipinski definition) is 3. The van der Waals surface area contributed by atoms with Gasteiger partial charge in [0, 0.05) is 12.8 Å². The van der Waals surface area contributed by atoms with Crippen LogP contribution in [0.3, 0.4) is 0 Å². The second-order valence-corrected chi connectivity index (χ2v) is 6.04. The van der Waals surface area contributed by atoms with Crippen LogP contribution in [0.15, 0.2) is 0 Å². The number of carbonyl (C=O) groups excluding carboxylic acids is 2. The molecule has 0 bridgehead atoms. The molecule has 0 aliphatic carbocycles. The lowest BCUT2D eigenvalue weighted by Crippen LogP contribution is -2.41. The minimum Gasteiger partial charge on any atom is -0.272 e. The van der Waals surface area contributed by atoms with Gasteiger partial charge in [-0.3, -0.25) is 14.4 Å². The minimum atomic E-state index is -0.389. The van der Waals surface area contributed by atoms with E-state index in [1.807, 2.05) is 6.92 Å². The number of hydroxylamine groups is 2. The summed E-state index contributed by atoms with van der Waals surface area (Å²) in [4.78, 5) is 29.2. The summed E-state index contributed by atoms with van der Waals surface area (Å²) in [5.74, 6) is -0.377. The molecule has 0 aromatic rings. The largest absolute Gasteiger partial charge is 0.272 e. The van der Waals surface area contributed by atoms with Gasteiger partial charge in [-0.15, -0.1) is 0 Å². The van der Waals surface area contributed by atoms with Crippen molar-refractivity contribution in [3.8, 4) is 0 Å². The standard InChI is InChI=1S/C16H29NO3/c1-4-6-8-9-13-16(3,12-7-5-2)20-17-14(18)10-11-15(17)19/h4-13H2,1-3H3. The van der Waals surface area contributed by atoms with E-state index in [0.29, 0.717) is 12.8 Å². The summed E-state index contributed by atoms with van der Waals surface area (Å²) in [5.41, 5.74) is -0.389. The third-order valence-corrected chi connectivity index (χ3v) is 3.94. The number of hydrogen-bond donors (Lipinski definition) is 0. The maximum Gasteiger partial charge on any atom is 0.254 e. The van der Waals surface area contributed by atoms with Crippen molar-refractivity contribution in [1.82, 2.24) is 5.06 Å². The Bertz CT molecular complexity index is 314. The topological polar surface area (TPSA) is 46.6 Å². The van der Waals surface area contributed by atoms with Crippen LogP contribution in [0.1, 0.15) is 85.0 Å². The van der Waals surface area contributed by atoms with Crippen LogP contribution in [0.4, 0.5) is 0 Å². The van der Waals surface area contributed by atoms with Crippen LogP contribution in [0.25, 0.3) is 0 Å². The molecule has 4 heteroatoms. The fourth-order valence-electron chi connectivity index (χ4n) is 2.57. The first-order valence-electron chi connectivity index (χ1n) is 8.07. The van der Waals surface area contributed by atoms with E-state index in [4.69, 9.17) is 4.84 Å². The van der Waals surface area contributed by atoms with Crippen LogP contribution < -0.4 is 0 Å². The van der Waals surface area contributed by atoms with Crippen molar-refractivity contribution in [3.05, 3.63) is 0 Å². The molecule has 1 saturated heterocycles. The predicted octanol–water partition coefficient (Wildman–Crippen LogP) is 3.99. The Morgan fingerprint density at radius 1 is 0.950 bits per heavy atom. The molecule has 0 N–H and O–H groups in total. The summed E-state index contributed by atoms with van der Waals surface area (Å²) in [5, 5.41) is 1.02. The lowest BCUT2D eigenvalue weighted by atomic mass is 9.92. The van der Waals surface area contributed by atoms with Crippen molar-refractivity contribution >= 4 is 11.8 Å². The maximum atomic E-state index is 11.7. The third kappa shape index (κ3) is 5.23. The second-order valence-electron chi connectivity index (χ2n) is 6.04. The van der Waals surface area contributed by atoms with Crippen LogP contribution in [0, 0.1) is 0 Å². The number of imide groups is 1. The smallest absolute Gasteiger partial charge is 0.254 e. The molecule has 0 saturated carbocycles. The molecular formula is C16H29NO3. The first-order valence-corrected chi connectivity index (χ1v) is 8.07. The van der Waals surface area contributed by atoms with Crippen molar-refractivity contribution in [1.29, 1.82) is 0 Å². The average molecular weight is 283 g/mol. The Kier molecular flexibility index (Phi) is 7.20. The number of carbonyl (C=O) groups is 2. The highest BCUT2D eigenvalue weighted by molar-refractivity contribution is 6.00. The highest BCUT2D eigenvalue weighted by atomic mass is 16.7. The number of unbranched alkanes of at least 4 members (excludes halogenated alkanes) is 4. The van der Waals surface area contributed by atoms with Gasteiger partial charge in [0.25, 0.3) is 11.8 Å². The molecule has 4 nitrogen and oxygen atoms in total. The molecule has 0 aromatic heterocycles. The van der Waals surface area contributed by atoms with E-state index in [0.717, 1.165) is 37.2 Å². The quantitative estimate of drug-likeness (QED) is 0.450. The van der Waals surface area contributed by atoms with Crippen molar-refractivity contribution < 1.29 is 14.4 Å². The lowest BCUT2D eigenvalue weighted by molar-refractivity contribution is -0.230. The van der Waals surface area contributed by atoms with E-state index in [2.05, 4.69) is 13.8 Å². The van der Waals surface area contributed by atoms with Crippen LogP contribution in [-0.2, 0) is 14.4 Å². The summed E-state index contributed by atoms with van der Waals surface area (Å²) in [7, 11) is 0. The summed E-state index contributed by atoms with van der Waals surface area (Å²) < 4.78 is 0. The van der Waals surface area contributed by atoms with Crippen molar-refractivity contribution in [3.63, 3.8) is 0 Å². The summed E-state index contributed by atoms with van der Waals surface area (Å²) >= 11 is 0. The van der Waals surface area contributed by atoms with Crippen molar-refractivity contribution in [2.75, 3.05) is 0 Å². The first kappa shape index (κ1) is 17.2. The van der Waals surface area contributed by atoms with Crippen molar-refractivity contribution in [2.24, 2.45) is 0 Å². The Morgan fingerprint density at radius 3 is 2.05 bits per heavy atom. The monoisotopic (exact) mass is 283 g/mol. The van der Waals surface area contributed by atoms with E-state index < -0.39 is 0 Å². The van der Waals surface area contributed by atoms with Gasteiger partial charge in [-0.1, -0.05) is 52.4 Å². The molecule has 1 fully saturated rings. The normalized spacial score (nSPS) is 18.6. The van der Waals surface area contributed by atoms with E-state index >= 15 is 0 Å². The Morgan fingerprint density at radius 2 is 1.50 bits per heavy atom. The highest BCUT2D eigenvalue weighted by Crippen LogP contribution is 2.29. The number of nitrogens with zero attached hydrogens (tertiary/aromatic N) is 1. The van der Waals surface area contributed by atoms with Gasteiger partial charge >= 0.3 is 0 Å². The van der Waals surface area contributed by atoms with E-state index in [-0.39, 0.29) is 17.4 Å². The van der Waals surface area contributed by atoms with Gasteiger partial charge in [-0.25, -0.2) is 0 Å². The van der Waals surface area contributed by atoms with E-state index in [1.165, 1.54) is 19.3 Å². The molecule has 0 spiro atoms. The summed E-state index contributed by atoms with van der Waals surface area (Å²) in [6.07, 6.45) is 9.24. The first-order chi connectivity index (χ1) is 9.52. The number of rotatable bonds is 10. The zero-order chi connectivity index (χ0) is 15.0. The highest BCUT2D eigenvalue weighted by Gasteiger charge is 2.36. The van der Waals surface area contributed by atoms with Gasteiger partial charge in [0.15, 0.2) is 0 Å². The molecule has 1 unspecified atom stereocenters. The molecule has 0 radical (unpaired) electrons. The van der Waals surface area contributed by atoms with Crippen LogP contribution >= 0.6 is 0 Å². The predicted molar refractivity (Wildman–Crippen MR) is 78.9 cm³/mol. The van der Waals surface area contributed by atoms with Gasteiger partial charge < -0.3 is 0 Å². The zero-order valence-electron chi connectivity index (χ0n) is 13.2. The lowest BCUT2D eigenvalue weighted by Gasteiger charge is -2.32. The van der Waals surface area contributed by atoms with E-state index in [1.54, 1.807) is 0 Å². The molecule has 2 amide bonds. The molecular weight excluding hydrogens is 254 g/mol. The molecule has 116 valence electrons. The molecule has 20 heavy (non-hydrogen) atoms. The molecule has 0 aromatic carbocycles. The van der Waals surface area contributed by atoms with Gasteiger partial charge in [-0.05, 0) is 19.8 Å². The fourth-order valence-corrected chi connectivity index (χ4v) is 2.57. The summed E-state index contributed by atoms with van der Waals surface area (Å²) in [6.45, 7) is 6.37. The fraction of sp³-hybridized carbons (Fsp3) is 0.875. The SMILES string of the molecule is CCCCCCC(C)(CCCC)ON1C(=O)CCC1=O. The average Bonchev–Trinajstić information content (AvgIpc) is 2.73. The molecule has 1 heterocycles. The van der Waals surface area contributed by atoms with Crippen molar-refractivity contribution in [2.45, 2.75) is 90.6 Å². The Labute approximate surface area is 122 Å². The Hall–Kier alpha value is -0.900.